The fourth-order valence-corrected chi connectivity index (χ4v) is 3.98. The van der Waals surface area contributed by atoms with Crippen LogP contribution in [0.2, 0.25) is 0 Å². The SMILES string of the molecule is Cc1ccc(Nc2cc(C(F)(F)F)c3c(=O)cc(Nc4ccccc4)n(-c4ccccc4)c3n2)cc1. The van der Waals surface area contributed by atoms with Crippen molar-refractivity contribution in [3.63, 3.8) is 0 Å². The number of halogens is 3. The van der Waals surface area contributed by atoms with E-state index in [0.29, 0.717) is 17.1 Å². The lowest BCUT2D eigenvalue weighted by Crippen LogP contribution is -2.19. The summed E-state index contributed by atoms with van der Waals surface area (Å²) in [5.41, 5.74) is 0.863. The lowest BCUT2D eigenvalue weighted by atomic mass is 10.1. The maximum absolute atomic E-state index is 14.2. The van der Waals surface area contributed by atoms with Crippen LogP contribution in [0, 0.1) is 6.92 Å². The molecule has 36 heavy (non-hydrogen) atoms. The van der Waals surface area contributed by atoms with Gasteiger partial charge in [-0.2, -0.15) is 13.2 Å². The fourth-order valence-electron chi connectivity index (χ4n) is 3.98. The summed E-state index contributed by atoms with van der Waals surface area (Å²) in [4.78, 5) is 17.7. The summed E-state index contributed by atoms with van der Waals surface area (Å²) in [6, 6.07) is 27.2. The largest absolute Gasteiger partial charge is 0.417 e. The zero-order valence-electron chi connectivity index (χ0n) is 19.2. The Morgan fingerprint density at radius 1 is 0.778 bits per heavy atom. The smallest absolute Gasteiger partial charge is 0.341 e. The van der Waals surface area contributed by atoms with Crippen molar-refractivity contribution in [3.8, 4) is 5.69 Å². The van der Waals surface area contributed by atoms with E-state index in [1.165, 1.54) is 10.6 Å². The van der Waals surface area contributed by atoms with Gasteiger partial charge in [0.2, 0.25) is 0 Å². The third-order valence-electron chi connectivity index (χ3n) is 5.66. The Bertz CT molecular complexity index is 1580. The van der Waals surface area contributed by atoms with Crippen LogP contribution in [0.15, 0.2) is 102 Å². The maximum Gasteiger partial charge on any atom is 0.417 e. The topological polar surface area (TPSA) is 59.0 Å². The van der Waals surface area contributed by atoms with Crippen LogP contribution < -0.4 is 16.1 Å². The van der Waals surface area contributed by atoms with E-state index in [1.54, 1.807) is 54.6 Å². The van der Waals surface area contributed by atoms with Crippen molar-refractivity contribution in [1.82, 2.24) is 9.55 Å². The van der Waals surface area contributed by atoms with E-state index < -0.39 is 22.6 Å². The second kappa shape index (κ2) is 9.22. The van der Waals surface area contributed by atoms with E-state index in [0.717, 1.165) is 11.6 Å². The van der Waals surface area contributed by atoms with Crippen LogP contribution in [0.1, 0.15) is 11.1 Å². The van der Waals surface area contributed by atoms with Crippen molar-refractivity contribution >= 4 is 34.0 Å². The Labute approximate surface area is 204 Å². The third kappa shape index (κ3) is 4.65. The van der Waals surface area contributed by atoms with Crippen molar-refractivity contribution in [1.29, 1.82) is 0 Å². The van der Waals surface area contributed by atoms with Gasteiger partial charge in [-0.1, -0.05) is 54.1 Å². The molecular formula is C28H21F3N4O. The average Bonchev–Trinajstić information content (AvgIpc) is 2.86. The molecule has 0 spiro atoms. The number of fused-ring (bicyclic) bond motifs is 1. The summed E-state index contributed by atoms with van der Waals surface area (Å²) in [6.07, 6.45) is -4.77. The molecule has 5 aromatic rings. The molecule has 2 N–H and O–H groups in total. The first kappa shape index (κ1) is 23.2. The molecule has 0 aliphatic carbocycles. The molecule has 5 rings (SSSR count). The van der Waals surface area contributed by atoms with Gasteiger partial charge in [-0.25, -0.2) is 4.98 Å². The number of rotatable bonds is 5. The Morgan fingerprint density at radius 2 is 1.39 bits per heavy atom. The van der Waals surface area contributed by atoms with E-state index >= 15 is 0 Å². The van der Waals surface area contributed by atoms with Crippen molar-refractivity contribution < 1.29 is 13.2 Å². The minimum absolute atomic E-state index is 0.0281. The van der Waals surface area contributed by atoms with E-state index in [1.807, 2.05) is 37.3 Å². The summed E-state index contributed by atoms with van der Waals surface area (Å²) in [6.45, 7) is 1.92. The minimum atomic E-state index is -4.77. The highest BCUT2D eigenvalue weighted by molar-refractivity contribution is 5.86. The lowest BCUT2D eigenvalue weighted by molar-refractivity contribution is -0.136. The summed E-state index contributed by atoms with van der Waals surface area (Å²) in [5.74, 6) is 0.262. The van der Waals surface area contributed by atoms with Crippen LogP contribution in [-0.2, 0) is 6.18 Å². The van der Waals surface area contributed by atoms with Crippen LogP contribution >= 0.6 is 0 Å². The Morgan fingerprint density at radius 3 is 2.03 bits per heavy atom. The number of hydrogen-bond acceptors (Lipinski definition) is 4. The Kier molecular flexibility index (Phi) is 5.93. The molecular weight excluding hydrogens is 465 g/mol. The van der Waals surface area contributed by atoms with Crippen molar-refractivity contribution in [2.45, 2.75) is 13.1 Å². The first-order valence-electron chi connectivity index (χ1n) is 11.2. The van der Waals surface area contributed by atoms with Gasteiger partial charge in [-0.3, -0.25) is 9.36 Å². The van der Waals surface area contributed by atoms with Crippen LogP contribution in [0.4, 0.5) is 36.2 Å². The molecule has 0 fully saturated rings. The molecule has 0 atom stereocenters. The molecule has 180 valence electrons. The highest BCUT2D eigenvalue weighted by Crippen LogP contribution is 2.37. The lowest BCUT2D eigenvalue weighted by Gasteiger charge is -2.20. The summed E-state index contributed by atoms with van der Waals surface area (Å²) in [5, 5.41) is 5.61. The molecule has 5 nitrogen and oxygen atoms in total. The van der Waals surface area contributed by atoms with Gasteiger partial charge >= 0.3 is 6.18 Å². The number of aryl methyl sites for hydroxylation is 1. The third-order valence-corrected chi connectivity index (χ3v) is 5.66. The molecule has 0 saturated heterocycles. The minimum Gasteiger partial charge on any atom is -0.341 e. The number of benzene rings is 3. The second-order valence-corrected chi connectivity index (χ2v) is 8.30. The molecule has 0 aliphatic heterocycles. The molecule has 3 aromatic carbocycles. The average molecular weight is 486 g/mol. The van der Waals surface area contributed by atoms with Gasteiger partial charge in [0.25, 0.3) is 0 Å². The van der Waals surface area contributed by atoms with E-state index in [2.05, 4.69) is 15.6 Å². The number of alkyl halides is 3. The van der Waals surface area contributed by atoms with Crippen LogP contribution in [0.5, 0.6) is 0 Å². The van der Waals surface area contributed by atoms with Gasteiger partial charge in [-0.15, -0.1) is 0 Å². The number of aromatic nitrogens is 2. The van der Waals surface area contributed by atoms with Gasteiger partial charge in [0, 0.05) is 23.1 Å². The molecule has 2 heterocycles. The van der Waals surface area contributed by atoms with Gasteiger partial charge in [0.05, 0.1) is 10.9 Å². The standard InChI is InChI=1S/C28H21F3N4O/c1-18-12-14-20(15-13-18)32-24-16-22(28(29,30)31)26-23(36)17-25(33-19-8-4-2-5-9-19)35(27(26)34-24)21-10-6-3-7-11-21/h2-17,33H,1H3,(H,32,34). The monoisotopic (exact) mass is 486 g/mol. The number of nitrogens with zero attached hydrogens (tertiary/aromatic N) is 2. The van der Waals surface area contributed by atoms with E-state index in [9.17, 15) is 18.0 Å². The number of hydrogen-bond donors (Lipinski definition) is 2. The molecule has 0 saturated carbocycles. The summed E-state index contributed by atoms with van der Waals surface area (Å²) < 4.78 is 44.2. The summed E-state index contributed by atoms with van der Waals surface area (Å²) >= 11 is 0. The highest BCUT2D eigenvalue weighted by atomic mass is 19.4. The first-order valence-corrected chi connectivity index (χ1v) is 11.2. The van der Waals surface area contributed by atoms with Crippen molar-refractivity contribution in [2.24, 2.45) is 0 Å². The molecule has 0 radical (unpaired) electrons. The van der Waals surface area contributed by atoms with Gasteiger partial charge in [0.1, 0.15) is 11.6 Å². The molecule has 0 unspecified atom stereocenters. The predicted octanol–water partition coefficient (Wildman–Crippen LogP) is 7.20. The predicted molar refractivity (Wildman–Crippen MR) is 137 cm³/mol. The van der Waals surface area contributed by atoms with E-state index in [4.69, 9.17) is 0 Å². The van der Waals surface area contributed by atoms with Crippen molar-refractivity contribution in [3.05, 3.63) is 118 Å². The molecule has 8 heteroatoms. The van der Waals surface area contributed by atoms with E-state index in [-0.39, 0.29) is 17.3 Å². The number of para-hydroxylation sites is 2. The van der Waals surface area contributed by atoms with Gasteiger partial charge < -0.3 is 10.6 Å². The van der Waals surface area contributed by atoms with Crippen LogP contribution in [0.3, 0.4) is 0 Å². The van der Waals surface area contributed by atoms with Crippen LogP contribution in [-0.4, -0.2) is 9.55 Å². The molecule has 0 amide bonds. The fraction of sp³-hybridized carbons (Fsp3) is 0.0714. The maximum atomic E-state index is 14.2. The molecule has 0 aliphatic rings. The Balaban J connectivity index is 1.81. The van der Waals surface area contributed by atoms with Gasteiger partial charge in [0.15, 0.2) is 11.1 Å². The normalized spacial score (nSPS) is 11.4. The summed E-state index contributed by atoms with van der Waals surface area (Å²) in [7, 11) is 0. The van der Waals surface area contributed by atoms with Crippen LogP contribution in [0.25, 0.3) is 16.7 Å². The zero-order valence-corrected chi connectivity index (χ0v) is 19.2. The second-order valence-electron chi connectivity index (χ2n) is 8.30. The molecule has 2 aromatic heterocycles. The Hall–Kier alpha value is -4.59. The highest BCUT2D eigenvalue weighted by Gasteiger charge is 2.35. The number of anilines is 4. The van der Waals surface area contributed by atoms with Gasteiger partial charge in [-0.05, 0) is 49.4 Å². The number of pyridine rings is 2. The van der Waals surface area contributed by atoms with Crippen molar-refractivity contribution in [2.75, 3.05) is 10.6 Å². The number of nitrogens with one attached hydrogen (secondary N) is 2. The quantitative estimate of drug-likeness (QED) is 0.276. The molecule has 0 bridgehead atoms. The zero-order chi connectivity index (χ0) is 25.3. The first-order chi connectivity index (χ1) is 17.3.